The molecule has 0 spiro atoms. The highest BCUT2D eigenvalue weighted by Crippen LogP contribution is 2.31. The molecule has 0 aliphatic rings. The monoisotopic (exact) mass is 219 g/mol. The molecule has 2 rings (SSSR count). The zero-order valence-electron chi connectivity index (χ0n) is 9.27. The summed E-state index contributed by atoms with van der Waals surface area (Å²) < 4.78 is 2.05. The van der Waals surface area contributed by atoms with Crippen molar-refractivity contribution in [2.45, 2.75) is 0 Å². The Balaban J connectivity index is 2.33. The Labute approximate surface area is 94.4 Å². The largest absolute Gasteiger partial charge is 0.370 e. The van der Waals surface area contributed by atoms with Gasteiger partial charge in [-0.15, -0.1) is 11.3 Å². The predicted octanol–water partition coefficient (Wildman–Crippen LogP) is 2.31. The van der Waals surface area contributed by atoms with Gasteiger partial charge in [0.15, 0.2) is 12.4 Å². The number of hydrogen-bond acceptors (Lipinski definition) is 2. The topological polar surface area (TPSA) is 7.12 Å². The minimum atomic E-state index is 1.28. The smallest absolute Gasteiger partial charge is 0.169 e. The van der Waals surface area contributed by atoms with Crippen LogP contribution in [0.3, 0.4) is 0 Å². The summed E-state index contributed by atoms with van der Waals surface area (Å²) in [5, 5.41) is 1.29. The van der Waals surface area contributed by atoms with Crippen molar-refractivity contribution in [3.05, 3.63) is 36.7 Å². The molecule has 0 amide bonds. The maximum Gasteiger partial charge on any atom is 0.169 e. The summed E-state index contributed by atoms with van der Waals surface area (Å²) >= 11 is 1.82. The van der Waals surface area contributed by atoms with Gasteiger partial charge in [0.2, 0.25) is 0 Å². The normalized spacial score (nSPS) is 10.3. The summed E-state index contributed by atoms with van der Waals surface area (Å²) in [7, 11) is 6.17. The van der Waals surface area contributed by atoms with Gasteiger partial charge in [-0.3, -0.25) is 0 Å². The second-order valence-electron chi connectivity index (χ2n) is 3.78. The summed E-state index contributed by atoms with van der Waals surface area (Å²) in [6.07, 6.45) is 4.15. The molecule has 0 saturated heterocycles. The van der Waals surface area contributed by atoms with Crippen molar-refractivity contribution in [2.75, 3.05) is 19.0 Å². The molecule has 0 radical (unpaired) electrons. The highest BCUT2D eigenvalue weighted by atomic mass is 32.1. The van der Waals surface area contributed by atoms with Crippen LogP contribution in [0.2, 0.25) is 0 Å². The molecule has 3 heteroatoms. The lowest BCUT2D eigenvalue weighted by Crippen LogP contribution is -2.25. The molecule has 0 fully saturated rings. The SMILES string of the molecule is CN(C)c1ccc(-c2cc[n+](C)cc2)s1. The average molecular weight is 219 g/mol. The summed E-state index contributed by atoms with van der Waals surface area (Å²) in [6.45, 7) is 0. The van der Waals surface area contributed by atoms with Gasteiger partial charge in [0.05, 0.1) is 5.00 Å². The van der Waals surface area contributed by atoms with Gasteiger partial charge in [-0.1, -0.05) is 0 Å². The van der Waals surface area contributed by atoms with Crippen LogP contribution in [-0.2, 0) is 7.05 Å². The number of anilines is 1. The van der Waals surface area contributed by atoms with Gasteiger partial charge < -0.3 is 4.90 Å². The van der Waals surface area contributed by atoms with E-state index in [1.165, 1.54) is 15.4 Å². The van der Waals surface area contributed by atoms with E-state index < -0.39 is 0 Å². The molecule has 15 heavy (non-hydrogen) atoms. The second-order valence-corrected chi connectivity index (χ2v) is 4.85. The van der Waals surface area contributed by atoms with Gasteiger partial charge in [0.1, 0.15) is 7.05 Å². The van der Waals surface area contributed by atoms with Crippen LogP contribution in [0.5, 0.6) is 0 Å². The first-order chi connectivity index (χ1) is 7.16. The van der Waals surface area contributed by atoms with Gasteiger partial charge >= 0.3 is 0 Å². The van der Waals surface area contributed by atoms with Crippen LogP contribution in [0.25, 0.3) is 10.4 Å². The molecule has 2 aromatic heterocycles. The lowest BCUT2D eigenvalue weighted by molar-refractivity contribution is -0.671. The van der Waals surface area contributed by atoms with Crippen LogP contribution in [0.1, 0.15) is 0 Å². The zero-order chi connectivity index (χ0) is 10.8. The van der Waals surface area contributed by atoms with E-state index in [2.05, 4.69) is 55.7 Å². The number of rotatable bonds is 2. The van der Waals surface area contributed by atoms with Crippen LogP contribution in [-0.4, -0.2) is 14.1 Å². The van der Waals surface area contributed by atoms with Crippen LogP contribution in [0.4, 0.5) is 5.00 Å². The van der Waals surface area contributed by atoms with Crippen molar-refractivity contribution < 1.29 is 4.57 Å². The number of aromatic nitrogens is 1. The van der Waals surface area contributed by atoms with Crippen LogP contribution < -0.4 is 9.47 Å². The number of aryl methyl sites for hydroxylation is 1. The van der Waals surface area contributed by atoms with E-state index in [-0.39, 0.29) is 0 Å². The lowest BCUT2D eigenvalue weighted by Gasteiger charge is -2.07. The molecule has 0 unspecified atom stereocenters. The van der Waals surface area contributed by atoms with Crippen LogP contribution in [0, 0.1) is 0 Å². The molecule has 2 nitrogen and oxygen atoms in total. The quantitative estimate of drug-likeness (QED) is 0.703. The van der Waals surface area contributed by atoms with E-state index in [4.69, 9.17) is 0 Å². The summed E-state index contributed by atoms with van der Waals surface area (Å²) in [5.41, 5.74) is 1.28. The van der Waals surface area contributed by atoms with Gasteiger partial charge in [-0.05, 0) is 12.1 Å². The summed E-state index contributed by atoms with van der Waals surface area (Å²) in [6, 6.07) is 8.62. The number of hydrogen-bond donors (Lipinski definition) is 0. The predicted molar refractivity (Wildman–Crippen MR) is 65.3 cm³/mol. The fourth-order valence-electron chi connectivity index (χ4n) is 1.39. The average Bonchev–Trinajstić information content (AvgIpc) is 2.68. The fourth-order valence-corrected chi connectivity index (χ4v) is 2.32. The standard InChI is InChI=1S/C12H15N2S/c1-13(2)12-5-4-11(15-12)10-6-8-14(3)9-7-10/h4-9H,1-3H3/q+1. The number of nitrogens with zero attached hydrogens (tertiary/aromatic N) is 2. The van der Waals surface area contributed by atoms with Gasteiger partial charge in [0.25, 0.3) is 0 Å². The first kappa shape index (κ1) is 10.2. The summed E-state index contributed by atoms with van der Waals surface area (Å²) in [5.74, 6) is 0. The Morgan fingerprint density at radius 3 is 2.27 bits per heavy atom. The van der Waals surface area contributed by atoms with Crippen molar-refractivity contribution in [1.29, 1.82) is 0 Å². The third kappa shape index (κ3) is 2.18. The molecule has 0 bridgehead atoms. The maximum absolute atomic E-state index is 2.18. The molecule has 0 aromatic carbocycles. The summed E-state index contributed by atoms with van der Waals surface area (Å²) in [4.78, 5) is 3.45. The first-order valence-corrected chi connectivity index (χ1v) is 5.71. The highest BCUT2D eigenvalue weighted by molar-refractivity contribution is 7.19. The molecule has 0 aliphatic heterocycles. The number of pyridine rings is 1. The third-order valence-corrected chi connectivity index (χ3v) is 3.60. The van der Waals surface area contributed by atoms with Crippen LogP contribution >= 0.6 is 11.3 Å². The fraction of sp³-hybridized carbons (Fsp3) is 0.250. The Hall–Kier alpha value is -1.35. The molecule has 2 heterocycles. The van der Waals surface area contributed by atoms with Crippen LogP contribution in [0.15, 0.2) is 36.7 Å². The van der Waals surface area contributed by atoms with Crippen molar-refractivity contribution in [3.63, 3.8) is 0 Å². The Kier molecular flexibility index (Phi) is 2.73. The van der Waals surface area contributed by atoms with E-state index in [0.717, 1.165) is 0 Å². The van der Waals surface area contributed by atoms with Gasteiger partial charge in [0, 0.05) is 36.7 Å². The molecular formula is C12H15N2S+. The second kappa shape index (κ2) is 4.03. The minimum Gasteiger partial charge on any atom is -0.370 e. The molecular weight excluding hydrogens is 204 g/mol. The van der Waals surface area contributed by atoms with E-state index >= 15 is 0 Å². The molecule has 78 valence electrons. The third-order valence-electron chi connectivity index (χ3n) is 2.30. The van der Waals surface area contributed by atoms with Crippen molar-refractivity contribution in [2.24, 2.45) is 7.05 Å². The molecule has 0 saturated carbocycles. The molecule has 0 atom stereocenters. The van der Waals surface area contributed by atoms with E-state index in [1.54, 1.807) is 0 Å². The Morgan fingerprint density at radius 1 is 1.07 bits per heavy atom. The van der Waals surface area contributed by atoms with Crippen molar-refractivity contribution in [3.8, 4) is 10.4 Å². The first-order valence-electron chi connectivity index (χ1n) is 4.89. The Morgan fingerprint density at radius 2 is 1.73 bits per heavy atom. The van der Waals surface area contributed by atoms with Gasteiger partial charge in [-0.2, -0.15) is 0 Å². The lowest BCUT2D eigenvalue weighted by atomic mass is 10.2. The minimum absolute atomic E-state index is 1.28. The van der Waals surface area contributed by atoms with E-state index in [0.29, 0.717) is 0 Å². The Bertz CT molecular complexity index is 443. The van der Waals surface area contributed by atoms with Gasteiger partial charge in [-0.25, -0.2) is 4.57 Å². The maximum atomic E-state index is 2.18. The zero-order valence-corrected chi connectivity index (χ0v) is 10.1. The van der Waals surface area contributed by atoms with Crippen molar-refractivity contribution >= 4 is 16.3 Å². The van der Waals surface area contributed by atoms with E-state index in [1.807, 2.05) is 23.0 Å². The van der Waals surface area contributed by atoms with E-state index in [9.17, 15) is 0 Å². The molecule has 0 N–H and O–H groups in total. The number of thiophene rings is 1. The highest BCUT2D eigenvalue weighted by Gasteiger charge is 2.04. The molecule has 2 aromatic rings. The molecule has 0 aliphatic carbocycles. The van der Waals surface area contributed by atoms with Crippen molar-refractivity contribution in [1.82, 2.24) is 0 Å².